The lowest BCUT2D eigenvalue weighted by molar-refractivity contribution is -0.135. The maximum absolute atomic E-state index is 11.7. The Morgan fingerprint density at radius 2 is 2.12 bits per heavy atom. The SMILES string of the molecule is COC(=O)/C(C#N)=C1/CC2CCC1(C)C2(C)C. The van der Waals surface area contributed by atoms with E-state index in [0.29, 0.717) is 5.92 Å². The second kappa shape index (κ2) is 3.60. The fraction of sp³-hybridized carbons (Fsp3) is 0.714. The summed E-state index contributed by atoms with van der Waals surface area (Å²) in [6.45, 7) is 6.70. The molecule has 0 amide bonds. The Balaban J connectivity index is 2.54. The van der Waals surface area contributed by atoms with E-state index < -0.39 is 5.97 Å². The molecule has 17 heavy (non-hydrogen) atoms. The molecule has 2 unspecified atom stereocenters. The molecule has 2 aliphatic carbocycles. The highest BCUT2D eigenvalue weighted by Crippen LogP contribution is 2.68. The van der Waals surface area contributed by atoms with Gasteiger partial charge in [0.1, 0.15) is 11.6 Å². The lowest BCUT2D eigenvalue weighted by Gasteiger charge is -2.35. The van der Waals surface area contributed by atoms with Crippen LogP contribution in [-0.4, -0.2) is 13.1 Å². The van der Waals surface area contributed by atoms with E-state index in [1.807, 2.05) is 6.07 Å². The van der Waals surface area contributed by atoms with Gasteiger partial charge in [-0.15, -0.1) is 0 Å². The minimum Gasteiger partial charge on any atom is -0.465 e. The Kier molecular flexibility index (Phi) is 2.57. The van der Waals surface area contributed by atoms with Gasteiger partial charge in [0.15, 0.2) is 0 Å². The average molecular weight is 233 g/mol. The smallest absolute Gasteiger partial charge is 0.348 e. The first-order valence-electron chi connectivity index (χ1n) is 6.10. The number of nitrogens with zero attached hydrogens (tertiary/aromatic N) is 1. The van der Waals surface area contributed by atoms with Gasteiger partial charge in [0.25, 0.3) is 0 Å². The molecule has 0 saturated heterocycles. The Bertz CT molecular complexity index is 442. The lowest BCUT2D eigenvalue weighted by atomic mass is 9.68. The quantitative estimate of drug-likeness (QED) is 0.397. The zero-order valence-corrected chi connectivity index (χ0v) is 11.0. The molecule has 0 aromatic rings. The predicted molar refractivity (Wildman–Crippen MR) is 63.9 cm³/mol. The number of ether oxygens (including phenoxy) is 1. The molecule has 2 rings (SSSR count). The van der Waals surface area contributed by atoms with Gasteiger partial charge in [0, 0.05) is 0 Å². The van der Waals surface area contributed by atoms with Crippen LogP contribution in [0.15, 0.2) is 11.1 Å². The van der Waals surface area contributed by atoms with Crippen molar-refractivity contribution in [3.05, 3.63) is 11.1 Å². The van der Waals surface area contributed by atoms with Crippen LogP contribution in [0.25, 0.3) is 0 Å². The van der Waals surface area contributed by atoms with E-state index in [1.54, 1.807) is 0 Å². The van der Waals surface area contributed by atoms with Gasteiger partial charge < -0.3 is 4.74 Å². The standard InChI is InChI=1S/C14H19NO2/c1-13(2)9-5-6-14(13,3)11(7-9)10(8-15)12(16)17-4/h9H,5-7H2,1-4H3/b11-10-. The Hall–Kier alpha value is -1.30. The highest BCUT2D eigenvalue weighted by Gasteiger charge is 2.60. The summed E-state index contributed by atoms with van der Waals surface area (Å²) in [4.78, 5) is 11.7. The van der Waals surface area contributed by atoms with E-state index in [2.05, 4.69) is 20.8 Å². The van der Waals surface area contributed by atoms with Crippen LogP contribution in [0.2, 0.25) is 0 Å². The molecule has 2 aliphatic rings. The number of rotatable bonds is 1. The summed E-state index contributed by atoms with van der Waals surface area (Å²) in [5, 5.41) is 9.19. The van der Waals surface area contributed by atoms with Crippen molar-refractivity contribution < 1.29 is 9.53 Å². The lowest BCUT2D eigenvalue weighted by Crippen LogP contribution is -2.29. The minimum absolute atomic E-state index is 0.0169. The minimum atomic E-state index is -0.480. The van der Waals surface area contributed by atoms with Gasteiger partial charge in [-0.05, 0) is 41.6 Å². The van der Waals surface area contributed by atoms with Crippen molar-refractivity contribution in [3.8, 4) is 6.07 Å². The van der Waals surface area contributed by atoms with Crippen LogP contribution < -0.4 is 0 Å². The number of fused-ring (bicyclic) bond motifs is 2. The highest BCUT2D eigenvalue weighted by molar-refractivity contribution is 5.94. The largest absolute Gasteiger partial charge is 0.465 e. The summed E-state index contributed by atoms with van der Waals surface area (Å²) in [6.07, 6.45) is 3.15. The number of esters is 1. The number of hydrogen-bond donors (Lipinski definition) is 0. The zero-order valence-electron chi connectivity index (χ0n) is 11.0. The first kappa shape index (κ1) is 12.2. The first-order chi connectivity index (χ1) is 7.88. The summed E-state index contributed by atoms with van der Waals surface area (Å²) in [6, 6.07) is 2.05. The summed E-state index contributed by atoms with van der Waals surface area (Å²) < 4.78 is 4.72. The van der Waals surface area contributed by atoms with Crippen molar-refractivity contribution in [2.45, 2.75) is 40.0 Å². The predicted octanol–water partition coefficient (Wildman–Crippen LogP) is 2.83. The van der Waals surface area contributed by atoms with Crippen LogP contribution in [0.1, 0.15) is 40.0 Å². The second-order valence-electron chi connectivity index (χ2n) is 5.95. The topological polar surface area (TPSA) is 50.1 Å². The van der Waals surface area contributed by atoms with Crippen LogP contribution in [0.4, 0.5) is 0 Å². The molecular weight excluding hydrogens is 214 g/mol. The van der Waals surface area contributed by atoms with Crippen molar-refractivity contribution in [1.82, 2.24) is 0 Å². The summed E-state index contributed by atoms with van der Waals surface area (Å²) in [7, 11) is 1.33. The van der Waals surface area contributed by atoms with Crippen molar-refractivity contribution >= 4 is 5.97 Å². The molecule has 2 atom stereocenters. The number of allylic oxidation sites excluding steroid dienone is 1. The molecule has 0 spiro atoms. The average Bonchev–Trinajstić information content (AvgIpc) is 2.62. The molecule has 3 heteroatoms. The third-order valence-corrected chi connectivity index (χ3v) is 5.36. The third kappa shape index (κ3) is 1.36. The number of carbonyl (C=O) groups excluding carboxylic acids is 1. The van der Waals surface area contributed by atoms with Gasteiger partial charge in [-0.25, -0.2) is 4.79 Å². The molecule has 2 bridgehead atoms. The van der Waals surface area contributed by atoms with Crippen molar-refractivity contribution in [2.24, 2.45) is 16.7 Å². The number of nitriles is 1. The number of hydrogen-bond acceptors (Lipinski definition) is 3. The van der Waals surface area contributed by atoms with E-state index in [4.69, 9.17) is 4.74 Å². The summed E-state index contributed by atoms with van der Waals surface area (Å²) in [5.74, 6) is 0.114. The molecule has 0 radical (unpaired) electrons. The van der Waals surface area contributed by atoms with Crippen LogP contribution in [0, 0.1) is 28.1 Å². The maximum Gasteiger partial charge on any atom is 0.348 e. The van der Waals surface area contributed by atoms with Gasteiger partial charge in [-0.3, -0.25) is 0 Å². The molecule has 2 saturated carbocycles. The van der Waals surface area contributed by atoms with Crippen LogP contribution in [-0.2, 0) is 9.53 Å². The summed E-state index contributed by atoms with van der Waals surface area (Å²) in [5.41, 5.74) is 1.42. The fourth-order valence-corrected chi connectivity index (χ4v) is 3.68. The molecule has 0 N–H and O–H groups in total. The summed E-state index contributed by atoms with van der Waals surface area (Å²) >= 11 is 0. The van der Waals surface area contributed by atoms with Crippen molar-refractivity contribution in [3.63, 3.8) is 0 Å². The van der Waals surface area contributed by atoms with E-state index >= 15 is 0 Å². The van der Waals surface area contributed by atoms with Crippen LogP contribution >= 0.6 is 0 Å². The molecule has 0 aromatic heterocycles. The highest BCUT2D eigenvalue weighted by atomic mass is 16.5. The molecule has 3 nitrogen and oxygen atoms in total. The molecule has 2 fully saturated rings. The zero-order chi connectivity index (χ0) is 12.8. The van der Waals surface area contributed by atoms with Crippen molar-refractivity contribution in [2.75, 3.05) is 7.11 Å². The second-order valence-corrected chi connectivity index (χ2v) is 5.95. The molecule has 0 aliphatic heterocycles. The van der Waals surface area contributed by atoms with Gasteiger partial charge in [0.05, 0.1) is 7.11 Å². The van der Waals surface area contributed by atoms with Gasteiger partial charge >= 0.3 is 5.97 Å². The molecule has 0 aromatic carbocycles. The third-order valence-electron chi connectivity index (χ3n) is 5.36. The van der Waals surface area contributed by atoms with E-state index in [9.17, 15) is 10.1 Å². The van der Waals surface area contributed by atoms with E-state index in [1.165, 1.54) is 13.5 Å². The Labute approximate surface area is 102 Å². The fourth-order valence-electron chi connectivity index (χ4n) is 3.68. The first-order valence-corrected chi connectivity index (χ1v) is 6.10. The normalized spacial score (nSPS) is 36.5. The molecule has 92 valence electrons. The van der Waals surface area contributed by atoms with Gasteiger partial charge in [0.2, 0.25) is 0 Å². The Morgan fingerprint density at radius 1 is 1.47 bits per heavy atom. The molecule has 0 heterocycles. The maximum atomic E-state index is 11.7. The Morgan fingerprint density at radius 3 is 2.47 bits per heavy atom. The van der Waals surface area contributed by atoms with E-state index in [0.717, 1.165) is 18.4 Å². The number of carbonyl (C=O) groups is 1. The number of methoxy groups -OCH3 is 1. The van der Waals surface area contributed by atoms with Gasteiger partial charge in [-0.2, -0.15) is 5.26 Å². The van der Waals surface area contributed by atoms with E-state index in [-0.39, 0.29) is 16.4 Å². The monoisotopic (exact) mass is 233 g/mol. The van der Waals surface area contributed by atoms with Crippen LogP contribution in [0.3, 0.4) is 0 Å². The molecular formula is C14H19NO2. The van der Waals surface area contributed by atoms with Crippen LogP contribution in [0.5, 0.6) is 0 Å². The van der Waals surface area contributed by atoms with Crippen molar-refractivity contribution in [1.29, 1.82) is 5.26 Å². The van der Waals surface area contributed by atoms with Gasteiger partial charge in [-0.1, -0.05) is 20.8 Å².